The van der Waals surface area contributed by atoms with Crippen molar-refractivity contribution in [3.05, 3.63) is 23.8 Å². The number of carbonyl (C=O) groups is 1. The highest BCUT2D eigenvalue weighted by Gasteiger charge is 2.42. The minimum atomic E-state index is -1.16. The molecule has 1 aliphatic rings. The van der Waals surface area contributed by atoms with E-state index in [2.05, 4.69) is 0 Å². The molecule has 0 saturated heterocycles. The van der Waals surface area contributed by atoms with Crippen LogP contribution in [0.5, 0.6) is 11.5 Å². The summed E-state index contributed by atoms with van der Waals surface area (Å²) in [6.07, 6.45) is 0.391. The van der Waals surface area contributed by atoms with Crippen molar-refractivity contribution in [2.24, 2.45) is 5.73 Å². The van der Waals surface area contributed by atoms with Crippen LogP contribution < -0.4 is 15.2 Å². The number of nitrogens with two attached hydrogens (primary N) is 1. The van der Waals surface area contributed by atoms with Crippen molar-refractivity contribution in [2.75, 3.05) is 20.3 Å². The molecule has 2 N–H and O–H groups in total. The number of methoxy groups -OCH3 is 1. The summed E-state index contributed by atoms with van der Waals surface area (Å²) in [6.45, 7) is 2.84. The topological polar surface area (TPSA) is 70.8 Å². The first-order valence-electron chi connectivity index (χ1n) is 5.89. The van der Waals surface area contributed by atoms with Gasteiger partial charge >= 0.3 is 5.97 Å². The van der Waals surface area contributed by atoms with Gasteiger partial charge in [0.1, 0.15) is 17.0 Å². The molecule has 2 rings (SSSR count). The van der Waals surface area contributed by atoms with Crippen molar-refractivity contribution in [2.45, 2.75) is 18.9 Å². The quantitative estimate of drug-likeness (QED) is 0.817. The highest BCUT2D eigenvalue weighted by molar-refractivity contribution is 5.84. The lowest BCUT2D eigenvalue weighted by Gasteiger charge is -2.33. The van der Waals surface area contributed by atoms with Crippen LogP contribution in [-0.4, -0.2) is 26.3 Å². The predicted octanol–water partition coefficient (Wildman–Crippen LogP) is 1.19. The fourth-order valence-electron chi connectivity index (χ4n) is 2.09. The second kappa shape index (κ2) is 4.86. The Balaban J connectivity index is 2.46. The average Bonchev–Trinajstić information content (AvgIpc) is 2.39. The van der Waals surface area contributed by atoms with E-state index in [1.807, 2.05) is 6.92 Å². The van der Waals surface area contributed by atoms with Crippen LogP contribution >= 0.6 is 0 Å². The Bertz CT molecular complexity index is 460. The molecule has 98 valence electrons. The molecule has 0 saturated carbocycles. The first kappa shape index (κ1) is 12.7. The Morgan fingerprint density at radius 2 is 2.33 bits per heavy atom. The number of esters is 1. The van der Waals surface area contributed by atoms with Crippen molar-refractivity contribution in [3.63, 3.8) is 0 Å². The Hall–Kier alpha value is -1.75. The summed E-state index contributed by atoms with van der Waals surface area (Å²) in [7, 11) is 1.33. The van der Waals surface area contributed by atoms with Gasteiger partial charge in [0.2, 0.25) is 0 Å². The van der Waals surface area contributed by atoms with Crippen LogP contribution in [0.3, 0.4) is 0 Å². The Morgan fingerprint density at radius 3 is 3.00 bits per heavy atom. The van der Waals surface area contributed by atoms with Gasteiger partial charge in [-0.2, -0.15) is 0 Å². The van der Waals surface area contributed by atoms with Gasteiger partial charge in [0.15, 0.2) is 0 Å². The van der Waals surface area contributed by atoms with E-state index in [0.29, 0.717) is 36.7 Å². The van der Waals surface area contributed by atoms with Crippen molar-refractivity contribution in [1.82, 2.24) is 0 Å². The first-order valence-corrected chi connectivity index (χ1v) is 5.89. The highest BCUT2D eigenvalue weighted by Crippen LogP contribution is 2.38. The molecule has 1 heterocycles. The van der Waals surface area contributed by atoms with Gasteiger partial charge in [-0.15, -0.1) is 0 Å². The van der Waals surface area contributed by atoms with Crippen molar-refractivity contribution < 1.29 is 19.0 Å². The van der Waals surface area contributed by atoms with Crippen LogP contribution in [-0.2, 0) is 15.1 Å². The summed E-state index contributed by atoms with van der Waals surface area (Å²) < 4.78 is 15.7. The Labute approximate surface area is 106 Å². The number of rotatable bonds is 3. The first-order chi connectivity index (χ1) is 8.61. The molecule has 1 unspecified atom stereocenters. The third-order valence-corrected chi connectivity index (χ3v) is 3.05. The monoisotopic (exact) mass is 251 g/mol. The van der Waals surface area contributed by atoms with Gasteiger partial charge < -0.3 is 19.9 Å². The second-order valence-corrected chi connectivity index (χ2v) is 4.15. The van der Waals surface area contributed by atoms with E-state index in [-0.39, 0.29) is 0 Å². The largest absolute Gasteiger partial charge is 0.494 e. The SMILES string of the molecule is CCOc1ccc2c(c1)C(N)(C(=O)OC)CCO2. The average molecular weight is 251 g/mol. The molecule has 0 bridgehead atoms. The molecule has 0 amide bonds. The van der Waals surface area contributed by atoms with Gasteiger partial charge in [0.05, 0.1) is 20.3 Å². The summed E-state index contributed by atoms with van der Waals surface area (Å²) in [4.78, 5) is 11.9. The second-order valence-electron chi connectivity index (χ2n) is 4.15. The predicted molar refractivity (Wildman–Crippen MR) is 65.6 cm³/mol. The molecule has 1 atom stereocenters. The van der Waals surface area contributed by atoms with Gasteiger partial charge in [-0.25, -0.2) is 4.79 Å². The number of fused-ring (bicyclic) bond motifs is 1. The molecule has 0 spiro atoms. The van der Waals surface area contributed by atoms with Gasteiger partial charge in [0.25, 0.3) is 0 Å². The molecule has 0 aromatic heterocycles. The third kappa shape index (κ3) is 2.01. The Kier molecular flexibility index (Phi) is 3.43. The standard InChI is InChI=1S/C13H17NO4/c1-3-17-9-4-5-11-10(8-9)13(14,6-7-18-11)12(15)16-2/h4-5,8H,3,6-7,14H2,1-2H3. The van der Waals surface area contributed by atoms with Crippen LogP contribution in [0.2, 0.25) is 0 Å². The molecule has 1 aromatic carbocycles. The minimum Gasteiger partial charge on any atom is -0.494 e. The maximum Gasteiger partial charge on any atom is 0.330 e. The molecule has 0 radical (unpaired) electrons. The van der Waals surface area contributed by atoms with E-state index in [9.17, 15) is 4.79 Å². The molecular formula is C13H17NO4. The molecule has 5 nitrogen and oxygen atoms in total. The molecule has 0 aliphatic carbocycles. The molecule has 0 fully saturated rings. The summed E-state index contributed by atoms with van der Waals surface area (Å²) in [5.41, 5.74) is 5.64. The molecule has 1 aromatic rings. The lowest BCUT2D eigenvalue weighted by atomic mass is 9.85. The fraction of sp³-hybridized carbons (Fsp3) is 0.462. The van der Waals surface area contributed by atoms with Crippen LogP contribution in [0.15, 0.2) is 18.2 Å². The zero-order chi connectivity index (χ0) is 13.2. The van der Waals surface area contributed by atoms with Crippen LogP contribution in [0.1, 0.15) is 18.9 Å². The van der Waals surface area contributed by atoms with E-state index >= 15 is 0 Å². The molecule has 1 aliphatic heterocycles. The number of ether oxygens (including phenoxy) is 3. The highest BCUT2D eigenvalue weighted by atomic mass is 16.5. The van der Waals surface area contributed by atoms with E-state index in [0.717, 1.165) is 0 Å². The van der Waals surface area contributed by atoms with E-state index < -0.39 is 11.5 Å². The summed E-state index contributed by atoms with van der Waals surface area (Å²) in [6, 6.07) is 5.31. The lowest BCUT2D eigenvalue weighted by Crippen LogP contribution is -2.49. The normalized spacial score (nSPS) is 21.7. The number of hydrogen-bond donors (Lipinski definition) is 1. The molecular weight excluding hydrogens is 234 g/mol. The van der Waals surface area contributed by atoms with Crippen molar-refractivity contribution in [1.29, 1.82) is 0 Å². The minimum absolute atomic E-state index is 0.391. The van der Waals surface area contributed by atoms with Gasteiger partial charge in [-0.05, 0) is 25.1 Å². The van der Waals surface area contributed by atoms with Gasteiger partial charge in [-0.1, -0.05) is 0 Å². The summed E-state index contributed by atoms with van der Waals surface area (Å²) in [5.74, 6) is 0.818. The zero-order valence-corrected chi connectivity index (χ0v) is 10.6. The van der Waals surface area contributed by atoms with Gasteiger partial charge in [0, 0.05) is 12.0 Å². The van der Waals surface area contributed by atoms with Crippen LogP contribution in [0, 0.1) is 0 Å². The van der Waals surface area contributed by atoms with Gasteiger partial charge in [-0.3, -0.25) is 0 Å². The van der Waals surface area contributed by atoms with E-state index in [1.54, 1.807) is 18.2 Å². The van der Waals surface area contributed by atoms with Crippen molar-refractivity contribution in [3.8, 4) is 11.5 Å². The fourth-order valence-corrected chi connectivity index (χ4v) is 2.09. The van der Waals surface area contributed by atoms with Crippen molar-refractivity contribution >= 4 is 5.97 Å². The van der Waals surface area contributed by atoms with Crippen LogP contribution in [0.4, 0.5) is 0 Å². The summed E-state index contributed by atoms with van der Waals surface area (Å²) in [5, 5.41) is 0. The van der Waals surface area contributed by atoms with E-state index in [4.69, 9.17) is 19.9 Å². The number of carbonyl (C=O) groups excluding carboxylic acids is 1. The lowest BCUT2D eigenvalue weighted by molar-refractivity contribution is -0.148. The maximum atomic E-state index is 11.9. The number of benzene rings is 1. The number of hydrogen-bond acceptors (Lipinski definition) is 5. The van der Waals surface area contributed by atoms with Crippen LogP contribution in [0.25, 0.3) is 0 Å². The zero-order valence-electron chi connectivity index (χ0n) is 10.6. The summed E-state index contributed by atoms with van der Waals surface area (Å²) >= 11 is 0. The third-order valence-electron chi connectivity index (χ3n) is 3.05. The Morgan fingerprint density at radius 1 is 1.56 bits per heavy atom. The molecule has 5 heteroatoms. The molecule has 18 heavy (non-hydrogen) atoms. The maximum absolute atomic E-state index is 11.9. The van der Waals surface area contributed by atoms with E-state index in [1.165, 1.54) is 7.11 Å². The smallest absolute Gasteiger partial charge is 0.330 e.